The van der Waals surface area contributed by atoms with E-state index in [9.17, 15) is 13.2 Å². The fraction of sp³-hybridized carbons (Fsp3) is 0.409. The largest absolute Gasteiger partial charge is 0.371 e. The van der Waals surface area contributed by atoms with Crippen LogP contribution in [0.2, 0.25) is 0 Å². The lowest BCUT2D eigenvalue weighted by atomic mass is 9.86. The Morgan fingerprint density at radius 2 is 1.94 bits per heavy atom. The average Bonchev–Trinajstić information content (AvgIpc) is 2.65. The van der Waals surface area contributed by atoms with Crippen molar-refractivity contribution in [3.63, 3.8) is 0 Å². The second-order valence-corrected chi connectivity index (χ2v) is 8.23. The highest BCUT2D eigenvalue weighted by molar-refractivity contribution is 5.90. The van der Waals surface area contributed by atoms with E-state index in [1.165, 1.54) is 12.1 Å². The number of pyridine rings is 1. The Morgan fingerprint density at radius 1 is 1.19 bits per heavy atom. The van der Waals surface area contributed by atoms with Gasteiger partial charge in [-0.15, -0.1) is 0 Å². The Kier molecular flexibility index (Phi) is 4.73. The van der Waals surface area contributed by atoms with E-state index in [1.54, 1.807) is 20.0 Å². The van der Waals surface area contributed by atoms with E-state index in [0.29, 0.717) is 17.2 Å². The van der Waals surface area contributed by atoms with Gasteiger partial charge in [0.2, 0.25) is 0 Å². The van der Waals surface area contributed by atoms with E-state index in [-0.39, 0.29) is 11.2 Å². The van der Waals surface area contributed by atoms with Crippen LogP contribution in [0.3, 0.4) is 0 Å². The van der Waals surface area contributed by atoms with Crippen molar-refractivity contribution in [3.05, 3.63) is 53.2 Å². The monoisotopic (exact) mass is 429 g/mol. The second-order valence-electron chi connectivity index (χ2n) is 8.23. The molecule has 3 aromatic rings. The lowest BCUT2D eigenvalue weighted by molar-refractivity contribution is -0.161. The summed E-state index contributed by atoms with van der Waals surface area (Å²) in [6.45, 7) is 5.87. The van der Waals surface area contributed by atoms with Crippen LogP contribution >= 0.6 is 0 Å². The van der Waals surface area contributed by atoms with Crippen LogP contribution in [0.25, 0.3) is 10.9 Å². The lowest BCUT2D eigenvalue weighted by Crippen LogP contribution is -2.68. The summed E-state index contributed by atoms with van der Waals surface area (Å²) >= 11 is 0. The first kappa shape index (κ1) is 20.0. The van der Waals surface area contributed by atoms with E-state index >= 15 is 0 Å². The number of anilines is 2. The van der Waals surface area contributed by atoms with Gasteiger partial charge in [-0.2, -0.15) is 0 Å². The number of aryl methyl sites for hydroxylation is 1. The smallest absolute Gasteiger partial charge is 0.266 e. The van der Waals surface area contributed by atoms with Crippen LogP contribution in [-0.4, -0.2) is 40.2 Å². The quantitative estimate of drug-likeness (QED) is 0.642. The number of halogens is 3. The third-order valence-electron chi connectivity index (χ3n) is 6.04. The number of nitrogens with one attached hydrogen (secondary N) is 1. The van der Waals surface area contributed by atoms with Gasteiger partial charge in [-0.25, -0.2) is 28.1 Å². The minimum atomic E-state index is -2.87. The van der Waals surface area contributed by atoms with Gasteiger partial charge in [0.15, 0.2) is 0 Å². The Balaban J connectivity index is 1.46. The number of ether oxygens (including phenoxy) is 1. The number of rotatable bonds is 5. The molecule has 0 amide bonds. The number of alkyl halides is 2. The summed E-state index contributed by atoms with van der Waals surface area (Å²) in [5.74, 6) is 0.934. The molecular weight excluding hydrogens is 407 g/mol. The van der Waals surface area contributed by atoms with Gasteiger partial charge in [-0.3, -0.25) is 0 Å². The predicted molar refractivity (Wildman–Crippen MR) is 111 cm³/mol. The Hall–Kier alpha value is -2.94. The van der Waals surface area contributed by atoms with Gasteiger partial charge >= 0.3 is 0 Å². The highest BCUT2D eigenvalue weighted by Gasteiger charge is 2.49. The van der Waals surface area contributed by atoms with Crippen molar-refractivity contribution in [3.8, 4) is 0 Å². The van der Waals surface area contributed by atoms with E-state index in [2.05, 4.69) is 25.2 Å². The summed E-state index contributed by atoms with van der Waals surface area (Å²) in [6.07, 6.45) is -0.116. The number of hydrogen-bond donors (Lipinski definition) is 1. The summed E-state index contributed by atoms with van der Waals surface area (Å²) < 4.78 is 46.5. The summed E-state index contributed by atoms with van der Waals surface area (Å²) in [4.78, 5) is 15.6. The topological polar surface area (TPSA) is 63.2 Å². The first-order valence-electron chi connectivity index (χ1n) is 10.2. The minimum Gasteiger partial charge on any atom is -0.371 e. The molecule has 2 aliphatic rings. The maximum absolute atomic E-state index is 14.6. The van der Waals surface area contributed by atoms with Crippen LogP contribution in [0, 0.1) is 12.7 Å². The molecule has 9 heteroatoms. The van der Waals surface area contributed by atoms with Crippen molar-refractivity contribution < 1.29 is 17.9 Å². The molecule has 0 saturated carbocycles. The van der Waals surface area contributed by atoms with Crippen LogP contribution in [0.4, 0.5) is 24.8 Å². The van der Waals surface area contributed by atoms with Gasteiger partial charge < -0.3 is 15.0 Å². The molecule has 5 rings (SSSR count). The number of hydrogen-bond acceptors (Lipinski definition) is 6. The molecule has 6 nitrogen and oxygen atoms in total. The summed E-state index contributed by atoms with van der Waals surface area (Å²) in [6, 6.07) is 5.36. The second kappa shape index (κ2) is 7.33. The molecule has 31 heavy (non-hydrogen) atoms. The average molecular weight is 429 g/mol. The van der Waals surface area contributed by atoms with Crippen LogP contribution in [0.5, 0.6) is 0 Å². The summed E-state index contributed by atoms with van der Waals surface area (Å²) in [7, 11) is 0. The van der Waals surface area contributed by atoms with Crippen molar-refractivity contribution >= 4 is 22.5 Å². The van der Waals surface area contributed by atoms with Crippen molar-refractivity contribution in [2.75, 3.05) is 29.9 Å². The standard InChI is InChI=1S/C22H22F3N5O/c1-12(14-4-3-5-15(19(14)23)20(24)25)27-21-16-8-18(26-9-17(16)28-13(2)29-21)30-10-22(11-30)6-7-31-22/h3-5,8-9,12,20H,6-7,10-11H2,1-2H3,(H,27,28,29). The molecule has 2 aromatic heterocycles. The molecule has 0 bridgehead atoms. The highest BCUT2D eigenvalue weighted by atomic mass is 19.3. The molecule has 1 spiro atoms. The van der Waals surface area contributed by atoms with E-state index in [0.717, 1.165) is 43.4 Å². The van der Waals surface area contributed by atoms with E-state index < -0.39 is 23.8 Å². The predicted octanol–water partition coefficient (Wildman–Crippen LogP) is 4.56. The molecule has 4 heterocycles. The summed E-state index contributed by atoms with van der Waals surface area (Å²) in [5.41, 5.74) is 0.181. The number of fused-ring (bicyclic) bond motifs is 1. The zero-order chi connectivity index (χ0) is 21.8. The Morgan fingerprint density at radius 3 is 2.61 bits per heavy atom. The van der Waals surface area contributed by atoms with Crippen LogP contribution < -0.4 is 10.2 Å². The number of benzene rings is 1. The molecule has 2 fully saturated rings. The van der Waals surface area contributed by atoms with Gasteiger partial charge in [-0.1, -0.05) is 18.2 Å². The fourth-order valence-electron chi connectivity index (χ4n) is 4.23. The maximum atomic E-state index is 14.6. The molecule has 1 atom stereocenters. The van der Waals surface area contributed by atoms with E-state index in [4.69, 9.17) is 4.74 Å². The van der Waals surface area contributed by atoms with Gasteiger partial charge in [0.1, 0.15) is 28.9 Å². The molecule has 0 aliphatic carbocycles. The normalized spacial score (nSPS) is 18.2. The molecular formula is C22H22F3N5O. The van der Waals surface area contributed by atoms with Crippen molar-refractivity contribution in [2.45, 2.75) is 38.3 Å². The molecule has 1 aromatic carbocycles. The number of nitrogens with zero attached hydrogens (tertiary/aromatic N) is 4. The van der Waals surface area contributed by atoms with Gasteiger partial charge in [0, 0.05) is 17.4 Å². The van der Waals surface area contributed by atoms with Crippen LogP contribution in [-0.2, 0) is 4.74 Å². The zero-order valence-corrected chi connectivity index (χ0v) is 17.2. The first-order chi connectivity index (χ1) is 14.8. The van der Waals surface area contributed by atoms with Gasteiger partial charge in [0.05, 0.1) is 43.0 Å². The van der Waals surface area contributed by atoms with E-state index in [1.807, 2.05) is 6.07 Å². The highest BCUT2D eigenvalue weighted by Crippen LogP contribution is 2.39. The molecule has 1 unspecified atom stereocenters. The molecule has 2 aliphatic heterocycles. The van der Waals surface area contributed by atoms with Crippen LogP contribution in [0.15, 0.2) is 30.5 Å². The third kappa shape index (κ3) is 3.46. The molecule has 162 valence electrons. The van der Waals surface area contributed by atoms with Crippen molar-refractivity contribution in [1.29, 1.82) is 0 Å². The van der Waals surface area contributed by atoms with Crippen molar-refractivity contribution in [1.82, 2.24) is 15.0 Å². The Labute approximate surface area is 177 Å². The Bertz CT molecular complexity index is 1140. The molecule has 0 radical (unpaired) electrons. The summed E-state index contributed by atoms with van der Waals surface area (Å²) in [5, 5.41) is 3.92. The molecule has 2 saturated heterocycles. The lowest BCUT2D eigenvalue weighted by Gasteiger charge is -2.55. The number of aromatic nitrogens is 3. The zero-order valence-electron chi connectivity index (χ0n) is 17.2. The van der Waals surface area contributed by atoms with Gasteiger partial charge in [0.25, 0.3) is 6.43 Å². The minimum absolute atomic E-state index is 0.0246. The molecule has 1 N–H and O–H groups in total. The van der Waals surface area contributed by atoms with Crippen LogP contribution in [0.1, 0.15) is 42.8 Å². The third-order valence-corrected chi connectivity index (χ3v) is 6.04. The first-order valence-corrected chi connectivity index (χ1v) is 10.2. The van der Waals surface area contributed by atoms with Crippen molar-refractivity contribution in [2.24, 2.45) is 0 Å². The maximum Gasteiger partial charge on any atom is 0.266 e. The fourth-order valence-corrected chi connectivity index (χ4v) is 4.23. The van der Waals surface area contributed by atoms with Gasteiger partial charge in [-0.05, 0) is 19.9 Å². The SMILES string of the molecule is Cc1nc(NC(C)c2cccc(C(F)F)c2F)c2cc(N3CC4(CCO4)C3)ncc2n1.